The van der Waals surface area contributed by atoms with Gasteiger partial charge in [0.05, 0.1) is 7.11 Å². The van der Waals surface area contributed by atoms with Crippen LogP contribution in [-0.2, 0) is 6.42 Å². The van der Waals surface area contributed by atoms with E-state index < -0.39 is 0 Å². The number of ether oxygens (including phenoxy) is 1. The quantitative estimate of drug-likeness (QED) is 0.834. The van der Waals surface area contributed by atoms with Crippen LogP contribution in [-0.4, -0.2) is 19.6 Å². The van der Waals surface area contributed by atoms with Crippen LogP contribution in [0, 0.1) is 13.8 Å². The standard InChI is InChI=1S/C18H22N2O2/c1-12-4-7-17(22-3)14(10-12)8-9-20-18(21)16-11-15(19)6-5-13(16)2/h4-7,10-11H,8-9,19H2,1-3H3,(H,20,21). The molecule has 0 fully saturated rings. The van der Waals surface area contributed by atoms with Crippen LogP contribution in [0.15, 0.2) is 36.4 Å². The summed E-state index contributed by atoms with van der Waals surface area (Å²) in [4.78, 5) is 12.2. The predicted molar refractivity (Wildman–Crippen MR) is 89.4 cm³/mol. The normalized spacial score (nSPS) is 10.3. The lowest BCUT2D eigenvalue weighted by Gasteiger charge is -2.11. The molecular formula is C18H22N2O2. The Kier molecular flexibility index (Phi) is 5.04. The van der Waals surface area contributed by atoms with Crippen molar-refractivity contribution in [2.24, 2.45) is 0 Å². The average molecular weight is 298 g/mol. The van der Waals surface area contributed by atoms with E-state index in [2.05, 4.69) is 11.4 Å². The smallest absolute Gasteiger partial charge is 0.251 e. The number of hydrogen-bond acceptors (Lipinski definition) is 3. The first-order valence-corrected chi connectivity index (χ1v) is 7.29. The molecule has 4 nitrogen and oxygen atoms in total. The van der Waals surface area contributed by atoms with Gasteiger partial charge in [0.2, 0.25) is 0 Å². The first kappa shape index (κ1) is 15.9. The molecule has 0 aliphatic rings. The van der Waals surface area contributed by atoms with Crippen molar-refractivity contribution in [3.05, 3.63) is 58.7 Å². The number of nitrogen functional groups attached to an aromatic ring is 1. The Morgan fingerprint density at radius 3 is 2.68 bits per heavy atom. The molecule has 1 amide bonds. The number of carbonyl (C=O) groups is 1. The van der Waals surface area contributed by atoms with Gasteiger partial charge < -0.3 is 15.8 Å². The first-order valence-electron chi connectivity index (χ1n) is 7.29. The highest BCUT2D eigenvalue weighted by atomic mass is 16.5. The summed E-state index contributed by atoms with van der Waals surface area (Å²) in [6.45, 7) is 4.49. The van der Waals surface area contributed by atoms with Gasteiger partial charge in [0.15, 0.2) is 0 Å². The van der Waals surface area contributed by atoms with Crippen LogP contribution in [0.25, 0.3) is 0 Å². The average Bonchev–Trinajstić information content (AvgIpc) is 2.50. The summed E-state index contributed by atoms with van der Waals surface area (Å²) in [6, 6.07) is 11.4. The van der Waals surface area contributed by atoms with E-state index in [0.29, 0.717) is 17.8 Å². The molecule has 0 heterocycles. The second-order valence-corrected chi connectivity index (χ2v) is 5.40. The van der Waals surface area contributed by atoms with Crippen LogP contribution in [0.3, 0.4) is 0 Å². The van der Waals surface area contributed by atoms with Gasteiger partial charge in [-0.1, -0.05) is 23.8 Å². The van der Waals surface area contributed by atoms with Gasteiger partial charge in [-0.2, -0.15) is 0 Å². The highest BCUT2D eigenvalue weighted by Crippen LogP contribution is 2.20. The zero-order valence-electron chi connectivity index (χ0n) is 13.3. The SMILES string of the molecule is COc1ccc(C)cc1CCNC(=O)c1cc(N)ccc1C. The molecule has 0 atom stereocenters. The summed E-state index contributed by atoms with van der Waals surface area (Å²) in [5.41, 5.74) is 10.1. The summed E-state index contributed by atoms with van der Waals surface area (Å²) < 4.78 is 5.35. The monoisotopic (exact) mass is 298 g/mol. The van der Waals surface area contributed by atoms with Crippen LogP contribution in [0.4, 0.5) is 5.69 Å². The molecule has 0 spiro atoms. The minimum atomic E-state index is -0.101. The summed E-state index contributed by atoms with van der Waals surface area (Å²) in [7, 11) is 1.66. The van der Waals surface area contributed by atoms with E-state index >= 15 is 0 Å². The Morgan fingerprint density at radius 1 is 1.18 bits per heavy atom. The van der Waals surface area contributed by atoms with Crippen molar-refractivity contribution in [2.75, 3.05) is 19.4 Å². The predicted octanol–water partition coefficient (Wildman–Crippen LogP) is 2.87. The van der Waals surface area contributed by atoms with Crippen molar-refractivity contribution in [3.8, 4) is 5.75 Å². The number of nitrogens with two attached hydrogens (primary N) is 1. The van der Waals surface area contributed by atoms with Gasteiger partial charge in [0.25, 0.3) is 5.91 Å². The van der Waals surface area contributed by atoms with Crippen LogP contribution in [0.1, 0.15) is 27.0 Å². The molecule has 2 aromatic carbocycles. The second-order valence-electron chi connectivity index (χ2n) is 5.40. The number of rotatable bonds is 5. The van der Waals surface area contributed by atoms with Gasteiger partial charge in [-0.25, -0.2) is 0 Å². The number of anilines is 1. The molecule has 2 aromatic rings. The highest BCUT2D eigenvalue weighted by Gasteiger charge is 2.10. The summed E-state index contributed by atoms with van der Waals surface area (Å²) in [5, 5.41) is 2.94. The molecule has 0 aromatic heterocycles. The minimum Gasteiger partial charge on any atom is -0.496 e. The van der Waals surface area contributed by atoms with Crippen molar-refractivity contribution in [1.82, 2.24) is 5.32 Å². The van der Waals surface area contributed by atoms with E-state index in [1.165, 1.54) is 5.56 Å². The van der Waals surface area contributed by atoms with E-state index in [-0.39, 0.29) is 5.91 Å². The third-order valence-electron chi connectivity index (χ3n) is 3.62. The van der Waals surface area contributed by atoms with E-state index in [1.807, 2.05) is 32.0 Å². The molecule has 0 saturated carbocycles. The van der Waals surface area contributed by atoms with Gasteiger partial charge in [0, 0.05) is 17.8 Å². The zero-order chi connectivity index (χ0) is 16.1. The van der Waals surface area contributed by atoms with Gasteiger partial charge >= 0.3 is 0 Å². The maximum atomic E-state index is 12.2. The number of methoxy groups -OCH3 is 1. The molecule has 0 saturated heterocycles. The third-order valence-corrected chi connectivity index (χ3v) is 3.62. The molecule has 0 bridgehead atoms. The molecule has 22 heavy (non-hydrogen) atoms. The second kappa shape index (κ2) is 6.98. The van der Waals surface area contributed by atoms with Gasteiger partial charge in [-0.15, -0.1) is 0 Å². The van der Waals surface area contributed by atoms with Gasteiger partial charge in [-0.05, 0) is 49.6 Å². The summed E-state index contributed by atoms with van der Waals surface area (Å²) >= 11 is 0. The Bertz CT molecular complexity index is 681. The number of carbonyl (C=O) groups excluding carboxylic acids is 1. The summed E-state index contributed by atoms with van der Waals surface area (Å²) in [6.07, 6.45) is 0.720. The fraction of sp³-hybridized carbons (Fsp3) is 0.278. The van der Waals surface area contributed by atoms with Crippen molar-refractivity contribution < 1.29 is 9.53 Å². The molecule has 0 radical (unpaired) electrons. The molecule has 0 aliphatic heterocycles. The fourth-order valence-corrected chi connectivity index (χ4v) is 2.39. The largest absolute Gasteiger partial charge is 0.496 e. The van der Waals surface area contributed by atoms with Crippen molar-refractivity contribution >= 4 is 11.6 Å². The molecule has 0 aliphatic carbocycles. The lowest BCUT2D eigenvalue weighted by atomic mass is 10.1. The number of aryl methyl sites for hydroxylation is 2. The minimum absolute atomic E-state index is 0.101. The number of amides is 1. The number of hydrogen-bond donors (Lipinski definition) is 2. The van der Waals surface area contributed by atoms with E-state index in [9.17, 15) is 4.79 Å². The van der Waals surface area contributed by atoms with Crippen LogP contribution < -0.4 is 15.8 Å². The van der Waals surface area contributed by atoms with Crippen LogP contribution in [0.2, 0.25) is 0 Å². The maximum absolute atomic E-state index is 12.2. The van der Waals surface area contributed by atoms with Gasteiger partial charge in [0.1, 0.15) is 5.75 Å². The topological polar surface area (TPSA) is 64.3 Å². The Balaban J connectivity index is 2.00. The van der Waals surface area contributed by atoms with E-state index in [4.69, 9.17) is 10.5 Å². The van der Waals surface area contributed by atoms with E-state index in [1.54, 1.807) is 19.2 Å². The third kappa shape index (κ3) is 3.79. The fourth-order valence-electron chi connectivity index (χ4n) is 2.39. The molecule has 116 valence electrons. The first-order chi connectivity index (χ1) is 10.5. The number of nitrogens with one attached hydrogen (secondary N) is 1. The van der Waals surface area contributed by atoms with Crippen LogP contribution >= 0.6 is 0 Å². The Labute approximate surface area is 131 Å². The lowest BCUT2D eigenvalue weighted by molar-refractivity contribution is 0.0953. The Hall–Kier alpha value is -2.49. The van der Waals surface area contributed by atoms with Crippen LogP contribution in [0.5, 0.6) is 5.75 Å². The molecule has 0 unspecified atom stereocenters. The lowest BCUT2D eigenvalue weighted by Crippen LogP contribution is -2.26. The van der Waals surface area contributed by atoms with Gasteiger partial charge in [-0.3, -0.25) is 4.79 Å². The van der Waals surface area contributed by atoms with Crippen molar-refractivity contribution in [1.29, 1.82) is 0 Å². The maximum Gasteiger partial charge on any atom is 0.251 e. The molecule has 4 heteroatoms. The van der Waals surface area contributed by atoms with Crippen molar-refractivity contribution in [3.63, 3.8) is 0 Å². The summed E-state index contributed by atoms with van der Waals surface area (Å²) in [5.74, 6) is 0.747. The van der Waals surface area contributed by atoms with Crippen molar-refractivity contribution in [2.45, 2.75) is 20.3 Å². The molecule has 3 N–H and O–H groups in total. The zero-order valence-corrected chi connectivity index (χ0v) is 13.3. The van der Waals surface area contributed by atoms with E-state index in [0.717, 1.165) is 23.3 Å². The Morgan fingerprint density at radius 2 is 1.95 bits per heavy atom. The number of benzene rings is 2. The molecule has 2 rings (SSSR count). The molecular weight excluding hydrogens is 276 g/mol. The highest BCUT2D eigenvalue weighted by molar-refractivity contribution is 5.96.